The lowest BCUT2D eigenvalue weighted by Crippen LogP contribution is -2.07. The van der Waals surface area contributed by atoms with Crippen molar-refractivity contribution in [1.29, 1.82) is 0 Å². The SMILES string of the molecule is Cc1cc(C)c(C(=O)O)c(SCCOCCC(C)C)n1. The summed E-state index contributed by atoms with van der Waals surface area (Å²) in [5.41, 5.74) is 1.91. The minimum absolute atomic E-state index is 0.308. The first-order valence-corrected chi connectivity index (χ1v) is 7.82. The first-order chi connectivity index (χ1) is 9.41. The van der Waals surface area contributed by atoms with E-state index in [0.29, 0.717) is 28.9 Å². The van der Waals surface area contributed by atoms with Gasteiger partial charge in [0.2, 0.25) is 0 Å². The summed E-state index contributed by atoms with van der Waals surface area (Å²) in [6.07, 6.45) is 1.05. The fourth-order valence-electron chi connectivity index (χ4n) is 1.79. The number of nitrogens with zero attached hydrogens (tertiary/aromatic N) is 1. The molecule has 0 fully saturated rings. The molecule has 0 radical (unpaired) electrons. The summed E-state index contributed by atoms with van der Waals surface area (Å²) in [7, 11) is 0. The second-order valence-electron chi connectivity index (χ2n) is 5.21. The molecule has 1 aromatic heterocycles. The van der Waals surface area contributed by atoms with Crippen molar-refractivity contribution >= 4 is 17.7 Å². The van der Waals surface area contributed by atoms with E-state index in [4.69, 9.17) is 4.74 Å². The van der Waals surface area contributed by atoms with Crippen LogP contribution in [0.1, 0.15) is 41.9 Å². The molecule has 0 aliphatic rings. The molecule has 5 heteroatoms. The van der Waals surface area contributed by atoms with Crippen LogP contribution in [0.4, 0.5) is 0 Å². The van der Waals surface area contributed by atoms with E-state index in [9.17, 15) is 9.90 Å². The standard InChI is InChI=1S/C15H23NO3S/c1-10(2)5-6-19-7-8-20-14-13(15(17)18)11(3)9-12(4)16-14/h9-10H,5-8H2,1-4H3,(H,17,18). The summed E-state index contributed by atoms with van der Waals surface area (Å²) in [5, 5.41) is 9.84. The first kappa shape index (κ1) is 17.0. The molecule has 0 bridgehead atoms. The molecule has 4 nitrogen and oxygen atoms in total. The number of hydrogen-bond donors (Lipinski definition) is 1. The maximum absolute atomic E-state index is 11.3. The van der Waals surface area contributed by atoms with E-state index in [2.05, 4.69) is 18.8 Å². The highest BCUT2D eigenvalue weighted by molar-refractivity contribution is 7.99. The Bertz CT molecular complexity index is 461. The maximum Gasteiger partial charge on any atom is 0.338 e. The number of ether oxygens (including phenoxy) is 1. The quantitative estimate of drug-likeness (QED) is 0.587. The van der Waals surface area contributed by atoms with Gasteiger partial charge < -0.3 is 9.84 Å². The van der Waals surface area contributed by atoms with E-state index in [1.807, 2.05) is 6.92 Å². The second-order valence-corrected chi connectivity index (χ2v) is 6.29. The van der Waals surface area contributed by atoms with Gasteiger partial charge in [-0.2, -0.15) is 0 Å². The van der Waals surface area contributed by atoms with Gasteiger partial charge in [0.1, 0.15) is 5.03 Å². The molecule has 0 unspecified atom stereocenters. The zero-order valence-corrected chi connectivity index (χ0v) is 13.4. The molecule has 20 heavy (non-hydrogen) atoms. The molecular formula is C15H23NO3S. The van der Waals surface area contributed by atoms with Crippen LogP contribution >= 0.6 is 11.8 Å². The number of hydrogen-bond acceptors (Lipinski definition) is 4. The van der Waals surface area contributed by atoms with E-state index >= 15 is 0 Å². The van der Waals surface area contributed by atoms with Crippen LogP contribution in [0.5, 0.6) is 0 Å². The molecule has 0 amide bonds. The second kappa shape index (κ2) is 8.27. The van der Waals surface area contributed by atoms with Crippen LogP contribution in [0.15, 0.2) is 11.1 Å². The van der Waals surface area contributed by atoms with Crippen LogP contribution in [0.25, 0.3) is 0 Å². The molecule has 1 aromatic rings. The molecular weight excluding hydrogens is 274 g/mol. The normalized spacial score (nSPS) is 11.1. The highest BCUT2D eigenvalue weighted by Crippen LogP contribution is 2.24. The topological polar surface area (TPSA) is 59.4 Å². The van der Waals surface area contributed by atoms with Crippen molar-refractivity contribution in [3.63, 3.8) is 0 Å². The summed E-state index contributed by atoms with van der Waals surface area (Å²) in [5.74, 6) is 0.439. The third-order valence-corrected chi connectivity index (χ3v) is 3.77. The number of carbonyl (C=O) groups is 1. The third kappa shape index (κ3) is 5.51. The Kier molecular flexibility index (Phi) is 7.02. The number of aromatic nitrogens is 1. The van der Waals surface area contributed by atoms with Crippen LogP contribution in [0.3, 0.4) is 0 Å². The molecule has 1 N–H and O–H groups in total. The highest BCUT2D eigenvalue weighted by atomic mass is 32.2. The van der Waals surface area contributed by atoms with E-state index < -0.39 is 5.97 Å². The number of rotatable bonds is 8. The van der Waals surface area contributed by atoms with Crippen molar-refractivity contribution < 1.29 is 14.6 Å². The Morgan fingerprint density at radius 3 is 2.70 bits per heavy atom. The van der Waals surface area contributed by atoms with Crippen molar-refractivity contribution in [2.45, 2.75) is 39.1 Å². The number of thioether (sulfide) groups is 1. The van der Waals surface area contributed by atoms with E-state index in [-0.39, 0.29) is 0 Å². The Hall–Kier alpha value is -1.07. The first-order valence-electron chi connectivity index (χ1n) is 6.84. The zero-order chi connectivity index (χ0) is 15.1. The summed E-state index contributed by atoms with van der Waals surface area (Å²) >= 11 is 1.45. The predicted octanol–water partition coefficient (Wildman–Crippen LogP) is 3.55. The van der Waals surface area contributed by atoms with Gasteiger partial charge in [0.05, 0.1) is 12.2 Å². The van der Waals surface area contributed by atoms with Gasteiger partial charge in [-0.3, -0.25) is 0 Å². The van der Waals surface area contributed by atoms with Gasteiger partial charge in [0.25, 0.3) is 0 Å². The number of aromatic carboxylic acids is 1. The van der Waals surface area contributed by atoms with Crippen LogP contribution < -0.4 is 0 Å². The molecule has 0 saturated heterocycles. The van der Waals surface area contributed by atoms with Gasteiger partial charge >= 0.3 is 5.97 Å². The monoisotopic (exact) mass is 297 g/mol. The van der Waals surface area contributed by atoms with Crippen LogP contribution in [0, 0.1) is 19.8 Å². The average molecular weight is 297 g/mol. The Morgan fingerprint density at radius 2 is 2.10 bits per heavy atom. The van der Waals surface area contributed by atoms with Gasteiger partial charge in [-0.05, 0) is 37.8 Å². The smallest absolute Gasteiger partial charge is 0.338 e. The number of carboxylic acids is 1. The van der Waals surface area contributed by atoms with Crippen LogP contribution in [0.2, 0.25) is 0 Å². The maximum atomic E-state index is 11.3. The molecule has 1 heterocycles. The van der Waals surface area contributed by atoms with E-state index in [0.717, 1.165) is 24.3 Å². The summed E-state index contributed by atoms with van der Waals surface area (Å²) in [4.78, 5) is 15.6. The van der Waals surface area contributed by atoms with Crippen molar-refractivity contribution in [3.05, 3.63) is 22.9 Å². The van der Waals surface area contributed by atoms with Crippen LogP contribution in [-0.2, 0) is 4.74 Å². The Morgan fingerprint density at radius 1 is 1.40 bits per heavy atom. The Balaban J connectivity index is 2.53. The minimum Gasteiger partial charge on any atom is -0.478 e. The lowest BCUT2D eigenvalue weighted by molar-refractivity contribution is 0.0691. The summed E-state index contributed by atoms with van der Waals surface area (Å²) < 4.78 is 5.53. The highest BCUT2D eigenvalue weighted by Gasteiger charge is 2.15. The Labute approximate surface area is 124 Å². The van der Waals surface area contributed by atoms with Gasteiger partial charge in [-0.1, -0.05) is 13.8 Å². The molecule has 1 rings (SSSR count). The fraction of sp³-hybridized carbons (Fsp3) is 0.600. The largest absolute Gasteiger partial charge is 0.478 e. The third-order valence-electron chi connectivity index (χ3n) is 2.83. The molecule has 0 atom stereocenters. The van der Waals surface area contributed by atoms with Crippen LogP contribution in [-0.4, -0.2) is 35.0 Å². The van der Waals surface area contributed by atoms with Crippen molar-refractivity contribution in [1.82, 2.24) is 4.98 Å². The number of carboxylic acid groups (broad SMARTS) is 1. The van der Waals surface area contributed by atoms with E-state index in [1.165, 1.54) is 11.8 Å². The molecule has 112 valence electrons. The minimum atomic E-state index is -0.918. The average Bonchev–Trinajstić information content (AvgIpc) is 2.31. The van der Waals surface area contributed by atoms with Crippen molar-refractivity contribution in [3.8, 4) is 0 Å². The molecule has 0 aromatic carbocycles. The molecule has 0 saturated carbocycles. The number of pyridine rings is 1. The van der Waals surface area contributed by atoms with Crippen molar-refractivity contribution in [2.24, 2.45) is 5.92 Å². The predicted molar refractivity (Wildman–Crippen MR) is 81.7 cm³/mol. The summed E-state index contributed by atoms with van der Waals surface area (Å²) in [6.45, 7) is 9.38. The summed E-state index contributed by atoms with van der Waals surface area (Å²) in [6, 6.07) is 1.80. The molecule has 0 aliphatic carbocycles. The van der Waals surface area contributed by atoms with Gasteiger partial charge in [0.15, 0.2) is 0 Å². The van der Waals surface area contributed by atoms with E-state index in [1.54, 1.807) is 13.0 Å². The van der Waals surface area contributed by atoms with Gasteiger partial charge in [-0.15, -0.1) is 11.8 Å². The zero-order valence-electron chi connectivity index (χ0n) is 12.6. The lowest BCUT2D eigenvalue weighted by atomic mass is 10.1. The fourth-order valence-corrected chi connectivity index (χ4v) is 2.78. The lowest BCUT2D eigenvalue weighted by Gasteiger charge is -2.10. The van der Waals surface area contributed by atoms with Gasteiger partial charge in [0, 0.05) is 18.1 Å². The molecule has 0 aliphatic heterocycles. The van der Waals surface area contributed by atoms with Crippen molar-refractivity contribution in [2.75, 3.05) is 19.0 Å². The number of aryl methyl sites for hydroxylation is 2. The van der Waals surface area contributed by atoms with Gasteiger partial charge in [-0.25, -0.2) is 9.78 Å². The molecule has 0 spiro atoms.